The van der Waals surface area contributed by atoms with Crippen molar-refractivity contribution in [1.82, 2.24) is 14.9 Å². The number of anilines is 1. The van der Waals surface area contributed by atoms with Crippen molar-refractivity contribution >= 4 is 5.95 Å². The molecule has 0 amide bonds. The van der Waals surface area contributed by atoms with Crippen molar-refractivity contribution in [3.8, 4) is 0 Å². The molecule has 0 aromatic carbocycles. The molecule has 0 aliphatic carbocycles. The van der Waals surface area contributed by atoms with Crippen LogP contribution in [0.15, 0.2) is 6.20 Å². The molecule has 5 nitrogen and oxygen atoms in total. The molecule has 0 spiro atoms. The van der Waals surface area contributed by atoms with Gasteiger partial charge in [-0.2, -0.15) is 0 Å². The van der Waals surface area contributed by atoms with Gasteiger partial charge in [-0.25, -0.2) is 9.97 Å². The summed E-state index contributed by atoms with van der Waals surface area (Å²) < 4.78 is 6.07. The first kappa shape index (κ1) is 15.7. The van der Waals surface area contributed by atoms with Crippen LogP contribution in [0.25, 0.3) is 0 Å². The Hall–Kier alpha value is -1.20. The minimum Gasteiger partial charge on any atom is -0.375 e. The Morgan fingerprint density at radius 1 is 1.18 bits per heavy atom. The monoisotopic (exact) mass is 304 g/mol. The quantitative estimate of drug-likeness (QED) is 0.834. The van der Waals surface area contributed by atoms with Crippen molar-refractivity contribution in [3.05, 3.63) is 17.5 Å². The summed E-state index contributed by atoms with van der Waals surface area (Å²) in [4.78, 5) is 13.8. The van der Waals surface area contributed by atoms with Gasteiger partial charge in [-0.1, -0.05) is 6.42 Å². The molecule has 0 radical (unpaired) electrons. The SMILES string of the molecule is Cc1cnc(N2CC[C@H](OCCN3CCCCC3)C2)nc1C. The maximum Gasteiger partial charge on any atom is 0.225 e. The fourth-order valence-electron chi connectivity index (χ4n) is 3.24. The minimum absolute atomic E-state index is 0.329. The first-order valence-corrected chi connectivity index (χ1v) is 8.61. The van der Waals surface area contributed by atoms with E-state index in [2.05, 4.69) is 26.7 Å². The molecule has 1 aromatic heterocycles. The summed E-state index contributed by atoms with van der Waals surface area (Å²) in [7, 11) is 0. The molecule has 2 aliphatic rings. The molecule has 0 N–H and O–H groups in total. The van der Waals surface area contributed by atoms with Gasteiger partial charge in [0.05, 0.1) is 12.7 Å². The Morgan fingerprint density at radius 2 is 2.00 bits per heavy atom. The van der Waals surface area contributed by atoms with Crippen LogP contribution in [-0.2, 0) is 4.74 Å². The van der Waals surface area contributed by atoms with Gasteiger partial charge in [-0.3, -0.25) is 0 Å². The molecule has 122 valence electrons. The van der Waals surface area contributed by atoms with E-state index in [0.717, 1.165) is 49.9 Å². The number of hydrogen-bond acceptors (Lipinski definition) is 5. The number of nitrogens with zero attached hydrogens (tertiary/aromatic N) is 4. The third-order valence-electron chi connectivity index (χ3n) is 4.85. The lowest BCUT2D eigenvalue weighted by Crippen LogP contribution is -2.34. The van der Waals surface area contributed by atoms with E-state index in [4.69, 9.17) is 4.74 Å². The van der Waals surface area contributed by atoms with E-state index in [-0.39, 0.29) is 0 Å². The molecule has 0 bridgehead atoms. The van der Waals surface area contributed by atoms with Crippen LogP contribution < -0.4 is 4.90 Å². The van der Waals surface area contributed by atoms with E-state index in [0.29, 0.717) is 6.10 Å². The van der Waals surface area contributed by atoms with E-state index >= 15 is 0 Å². The number of hydrogen-bond donors (Lipinski definition) is 0. The average Bonchev–Trinajstić information content (AvgIpc) is 3.00. The first-order chi connectivity index (χ1) is 10.7. The normalized spacial score (nSPS) is 23.2. The number of aromatic nitrogens is 2. The second-order valence-electron chi connectivity index (χ2n) is 6.57. The summed E-state index contributed by atoms with van der Waals surface area (Å²) in [5.74, 6) is 0.852. The molecule has 5 heteroatoms. The standard InChI is InChI=1S/C17H28N4O/c1-14-12-18-17(19-15(14)2)21-9-6-16(13-21)22-11-10-20-7-4-3-5-8-20/h12,16H,3-11,13H2,1-2H3/t16-/m0/s1. The van der Waals surface area contributed by atoms with Crippen LogP contribution in [0.1, 0.15) is 36.9 Å². The van der Waals surface area contributed by atoms with Gasteiger partial charge in [0, 0.05) is 31.5 Å². The van der Waals surface area contributed by atoms with E-state index in [1.54, 1.807) is 0 Å². The van der Waals surface area contributed by atoms with Crippen molar-refractivity contribution in [1.29, 1.82) is 0 Å². The van der Waals surface area contributed by atoms with Crippen LogP contribution in [0.3, 0.4) is 0 Å². The fraction of sp³-hybridized carbons (Fsp3) is 0.765. The summed E-state index contributed by atoms with van der Waals surface area (Å²) in [5, 5.41) is 0. The summed E-state index contributed by atoms with van der Waals surface area (Å²) >= 11 is 0. The summed E-state index contributed by atoms with van der Waals surface area (Å²) in [6.07, 6.45) is 7.42. The van der Waals surface area contributed by atoms with Crippen LogP contribution in [-0.4, -0.2) is 60.3 Å². The smallest absolute Gasteiger partial charge is 0.225 e. The molecule has 1 aromatic rings. The highest BCUT2D eigenvalue weighted by atomic mass is 16.5. The highest BCUT2D eigenvalue weighted by Gasteiger charge is 2.25. The van der Waals surface area contributed by atoms with Crippen molar-refractivity contribution in [3.63, 3.8) is 0 Å². The third-order valence-corrected chi connectivity index (χ3v) is 4.85. The zero-order chi connectivity index (χ0) is 15.4. The predicted octanol–water partition coefficient (Wildman–Crippen LogP) is 2.17. The second-order valence-corrected chi connectivity index (χ2v) is 6.57. The van der Waals surface area contributed by atoms with Gasteiger partial charge in [0.25, 0.3) is 0 Å². The number of rotatable bonds is 5. The van der Waals surface area contributed by atoms with Gasteiger partial charge in [-0.05, 0) is 51.8 Å². The second kappa shape index (κ2) is 7.38. The molecule has 2 fully saturated rings. The lowest BCUT2D eigenvalue weighted by atomic mass is 10.1. The van der Waals surface area contributed by atoms with Gasteiger partial charge >= 0.3 is 0 Å². The first-order valence-electron chi connectivity index (χ1n) is 8.61. The highest BCUT2D eigenvalue weighted by molar-refractivity contribution is 5.34. The lowest BCUT2D eigenvalue weighted by Gasteiger charge is -2.26. The van der Waals surface area contributed by atoms with Crippen LogP contribution in [0.5, 0.6) is 0 Å². The maximum atomic E-state index is 6.07. The largest absolute Gasteiger partial charge is 0.375 e. The maximum absolute atomic E-state index is 6.07. The molecule has 2 aliphatic heterocycles. The number of aryl methyl sites for hydroxylation is 2. The molecular formula is C17H28N4O. The molecule has 1 atom stereocenters. The van der Waals surface area contributed by atoms with E-state index in [1.165, 1.54) is 32.4 Å². The van der Waals surface area contributed by atoms with E-state index in [1.807, 2.05) is 13.1 Å². The Kier molecular flexibility index (Phi) is 5.26. The third kappa shape index (κ3) is 3.96. The molecule has 3 rings (SSSR count). The number of ether oxygens (including phenoxy) is 1. The topological polar surface area (TPSA) is 41.5 Å². The van der Waals surface area contributed by atoms with Crippen molar-refractivity contribution in [2.24, 2.45) is 0 Å². The van der Waals surface area contributed by atoms with Crippen LogP contribution in [0.2, 0.25) is 0 Å². The van der Waals surface area contributed by atoms with Crippen molar-refractivity contribution in [2.45, 2.75) is 45.6 Å². The van der Waals surface area contributed by atoms with E-state index in [9.17, 15) is 0 Å². The van der Waals surface area contributed by atoms with Crippen LogP contribution in [0, 0.1) is 13.8 Å². The molecular weight excluding hydrogens is 276 g/mol. The average molecular weight is 304 g/mol. The lowest BCUT2D eigenvalue weighted by molar-refractivity contribution is 0.0466. The van der Waals surface area contributed by atoms with Crippen molar-refractivity contribution < 1.29 is 4.74 Å². The number of piperidine rings is 1. The minimum atomic E-state index is 0.329. The highest BCUT2D eigenvalue weighted by Crippen LogP contribution is 2.19. The Balaban J connectivity index is 1.42. The Bertz CT molecular complexity index is 488. The summed E-state index contributed by atoms with van der Waals surface area (Å²) in [6.45, 7) is 10.4. The summed E-state index contributed by atoms with van der Waals surface area (Å²) in [5.41, 5.74) is 2.22. The molecule has 0 unspecified atom stereocenters. The predicted molar refractivity (Wildman–Crippen MR) is 88.4 cm³/mol. The Labute approximate surface area is 133 Å². The molecule has 22 heavy (non-hydrogen) atoms. The van der Waals surface area contributed by atoms with E-state index < -0.39 is 0 Å². The van der Waals surface area contributed by atoms with Crippen LogP contribution >= 0.6 is 0 Å². The van der Waals surface area contributed by atoms with Gasteiger partial charge in [0.1, 0.15) is 0 Å². The van der Waals surface area contributed by atoms with Crippen LogP contribution in [0.4, 0.5) is 5.95 Å². The summed E-state index contributed by atoms with van der Waals surface area (Å²) in [6, 6.07) is 0. The van der Waals surface area contributed by atoms with Gasteiger partial charge in [0.15, 0.2) is 0 Å². The zero-order valence-electron chi connectivity index (χ0n) is 13.9. The zero-order valence-corrected chi connectivity index (χ0v) is 13.9. The van der Waals surface area contributed by atoms with Gasteiger partial charge < -0.3 is 14.5 Å². The Morgan fingerprint density at radius 3 is 2.77 bits per heavy atom. The molecule has 0 saturated carbocycles. The molecule has 3 heterocycles. The molecule has 2 saturated heterocycles. The fourth-order valence-corrected chi connectivity index (χ4v) is 3.24. The van der Waals surface area contributed by atoms with Crippen molar-refractivity contribution in [2.75, 3.05) is 44.2 Å². The van der Waals surface area contributed by atoms with Gasteiger partial charge in [0.2, 0.25) is 5.95 Å². The van der Waals surface area contributed by atoms with Gasteiger partial charge in [-0.15, -0.1) is 0 Å². The number of likely N-dealkylation sites (tertiary alicyclic amines) is 1.